The fourth-order valence-corrected chi connectivity index (χ4v) is 2.45. The summed E-state index contributed by atoms with van der Waals surface area (Å²) in [6.45, 7) is 2.50. The normalized spacial score (nSPS) is 14.4. The van der Waals surface area contributed by atoms with E-state index < -0.39 is 16.6 Å². The Kier molecular flexibility index (Phi) is 4.27. The second kappa shape index (κ2) is 5.78. The van der Waals surface area contributed by atoms with Crippen molar-refractivity contribution in [2.75, 3.05) is 19.1 Å². The molecular formula is C13H18FN3O2S. The van der Waals surface area contributed by atoms with Gasteiger partial charge in [-0.15, -0.1) is 0 Å². The van der Waals surface area contributed by atoms with Crippen molar-refractivity contribution in [3.63, 3.8) is 0 Å². The van der Waals surface area contributed by atoms with Crippen LogP contribution in [0.15, 0.2) is 12.1 Å². The lowest BCUT2D eigenvalue weighted by molar-refractivity contribution is 0.387. The molecule has 0 radical (unpaired) electrons. The molecule has 0 aliphatic carbocycles. The Morgan fingerprint density at radius 1 is 1.55 bits per heavy atom. The lowest BCUT2D eigenvalue weighted by Crippen LogP contribution is -2.14. The zero-order valence-corrected chi connectivity index (χ0v) is 12.5. The average Bonchev–Trinajstić information content (AvgIpc) is 2.69. The maximum absolute atomic E-state index is 13.6. The molecule has 2 N–H and O–H groups in total. The summed E-state index contributed by atoms with van der Waals surface area (Å²) in [5, 5.41) is 0.0641. The minimum Gasteiger partial charge on any atom is -0.494 e. The van der Waals surface area contributed by atoms with E-state index in [1.807, 2.05) is 6.92 Å². The summed E-state index contributed by atoms with van der Waals surface area (Å²) in [6, 6.07) is 2.89. The highest BCUT2D eigenvalue weighted by Crippen LogP contribution is 2.26. The number of hydrogen-bond acceptors (Lipinski definition) is 4. The highest BCUT2D eigenvalue weighted by Gasteiger charge is 2.14. The Morgan fingerprint density at radius 3 is 2.85 bits per heavy atom. The minimum atomic E-state index is -0.881. The van der Waals surface area contributed by atoms with Gasteiger partial charge in [-0.2, -0.15) is 0 Å². The molecule has 0 aliphatic heterocycles. The van der Waals surface area contributed by atoms with Crippen LogP contribution >= 0.6 is 0 Å². The van der Waals surface area contributed by atoms with Crippen molar-refractivity contribution in [3.05, 3.63) is 17.9 Å². The number of aromatic nitrogens is 2. The topological polar surface area (TPSA) is 70.1 Å². The molecule has 1 aromatic heterocycles. The van der Waals surface area contributed by atoms with Crippen LogP contribution in [-0.2, 0) is 17.3 Å². The van der Waals surface area contributed by atoms with E-state index in [1.165, 1.54) is 13.2 Å². The molecule has 0 aliphatic rings. The second-order valence-corrected chi connectivity index (χ2v) is 6.50. The number of methoxy groups -OCH3 is 1. The molecule has 2 unspecified atom stereocenters. The molecule has 0 saturated heterocycles. The first-order valence-corrected chi connectivity index (χ1v) is 7.87. The van der Waals surface area contributed by atoms with E-state index in [-0.39, 0.29) is 11.0 Å². The molecule has 2 aromatic rings. The van der Waals surface area contributed by atoms with E-state index in [1.54, 1.807) is 16.9 Å². The van der Waals surface area contributed by atoms with Gasteiger partial charge in [0, 0.05) is 41.0 Å². The Hall–Kier alpha value is -1.63. The number of nitrogens with zero attached hydrogens (tertiary/aromatic N) is 2. The number of hydrogen-bond donors (Lipinski definition) is 1. The van der Waals surface area contributed by atoms with E-state index >= 15 is 0 Å². The molecule has 7 heteroatoms. The summed E-state index contributed by atoms with van der Waals surface area (Å²) in [5.41, 5.74) is 7.08. The minimum absolute atomic E-state index is 0.0641. The number of aryl methyl sites for hydroxylation is 1. The first-order chi connectivity index (χ1) is 9.43. The predicted molar refractivity (Wildman–Crippen MR) is 78.8 cm³/mol. The molecule has 0 fully saturated rings. The van der Waals surface area contributed by atoms with E-state index in [0.717, 1.165) is 5.52 Å². The van der Waals surface area contributed by atoms with Crippen LogP contribution in [0.1, 0.15) is 13.3 Å². The quantitative estimate of drug-likeness (QED) is 0.915. The van der Waals surface area contributed by atoms with Crippen molar-refractivity contribution in [1.29, 1.82) is 0 Å². The van der Waals surface area contributed by atoms with Gasteiger partial charge in [0.1, 0.15) is 0 Å². The number of rotatable bonds is 5. The molecule has 0 spiro atoms. The van der Waals surface area contributed by atoms with E-state index in [2.05, 4.69) is 4.98 Å². The van der Waals surface area contributed by atoms with Crippen molar-refractivity contribution in [2.24, 2.45) is 0 Å². The zero-order valence-electron chi connectivity index (χ0n) is 11.7. The lowest BCUT2D eigenvalue weighted by atomic mass is 10.2. The lowest BCUT2D eigenvalue weighted by Gasteiger charge is -2.11. The summed E-state index contributed by atoms with van der Waals surface area (Å²) in [4.78, 5) is 4.14. The van der Waals surface area contributed by atoms with Gasteiger partial charge in [-0.1, -0.05) is 6.92 Å². The van der Waals surface area contributed by atoms with Crippen LogP contribution in [0.2, 0.25) is 0 Å². The maximum Gasteiger partial charge on any atom is 0.201 e. The molecule has 0 saturated carbocycles. The number of imidazole rings is 1. The number of ether oxygens (including phenoxy) is 1. The van der Waals surface area contributed by atoms with Crippen molar-refractivity contribution >= 4 is 27.8 Å². The Bertz CT molecular complexity index is 657. The van der Waals surface area contributed by atoms with Gasteiger partial charge >= 0.3 is 0 Å². The molecule has 1 heterocycles. The first-order valence-electron chi connectivity index (χ1n) is 6.25. The standard InChI is InChI=1S/C13H18FN3O2S/c1-8(20(3)18)4-5-17-11-7-12(19-2)9(14)6-10(11)16-13(17)15/h6-8H,4-5H2,1-3H3,(H2,15,16). The summed E-state index contributed by atoms with van der Waals surface area (Å²) in [7, 11) is 0.532. The third-order valence-corrected chi connectivity index (χ3v) is 4.75. The Morgan fingerprint density at radius 2 is 2.25 bits per heavy atom. The summed E-state index contributed by atoms with van der Waals surface area (Å²) >= 11 is 0. The third kappa shape index (κ3) is 2.77. The summed E-state index contributed by atoms with van der Waals surface area (Å²) in [6.07, 6.45) is 2.39. The van der Waals surface area contributed by atoms with Crippen LogP contribution in [0.5, 0.6) is 5.75 Å². The fourth-order valence-electron chi connectivity index (χ4n) is 2.01. The van der Waals surface area contributed by atoms with Crippen molar-refractivity contribution in [3.8, 4) is 5.75 Å². The van der Waals surface area contributed by atoms with Crippen LogP contribution in [0.25, 0.3) is 11.0 Å². The van der Waals surface area contributed by atoms with Crippen molar-refractivity contribution in [1.82, 2.24) is 9.55 Å². The molecule has 20 heavy (non-hydrogen) atoms. The highest BCUT2D eigenvalue weighted by atomic mass is 32.2. The summed E-state index contributed by atoms with van der Waals surface area (Å²) < 4.78 is 31.8. The van der Waals surface area contributed by atoms with Crippen LogP contribution in [0.3, 0.4) is 0 Å². The molecule has 1 aromatic carbocycles. The molecule has 0 amide bonds. The van der Waals surface area contributed by atoms with Crippen molar-refractivity contribution in [2.45, 2.75) is 25.1 Å². The molecule has 5 nitrogen and oxygen atoms in total. The fraction of sp³-hybridized carbons (Fsp3) is 0.462. The number of nitrogens with two attached hydrogens (primary N) is 1. The highest BCUT2D eigenvalue weighted by molar-refractivity contribution is 7.84. The molecule has 2 atom stereocenters. The van der Waals surface area contributed by atoms with Gasteiger partial charge in [-0.25, -0.2) is 9.37 Å². The molecule has 2 rings (SSSR count). The number of benzene rings is 1. The third-order valence-electron chi connectivity index (χ3n) is 3.38. The van der Waals surface area contributed by atoms with Crippen molar-refractivity contribution < 1.29 is 13.3 Å². The smallest absolute Gasteiger partial charge is 0.201 e. The number of fused-ring (bicyclic) bond motifs is 1. The maximum atomic E-state index is 13.6. The second-order valence-electron chi connectivity index (χ2n) is 4.69. The van der Waals surface area contributed by atoms with E-state index in [4.69, 9.17) is 10.5 Å². The van der Waals surface area contributed by atoms with Gasteiger partial charge < -0.3 is 15.0 Å². The van der Waals surface area contributed by atoms with Crippen LogP contribution < -0.4 is 10.5 Å². The van der Waals surface area contributed by atoms with Gasteiger partial charge in [0.2, 0.25) is 5.95 Å². The number of nitrogen functional groups attached to an aromatic ring is 1. The number of anilines is 1. The van der Waals surface area contributed by atoms with Crippen LogP contribution in [-0.4, -0.2) is 32.4 Å². The Balaban J connectivity index is 2.37. The van der Waals surface area contributed by atoms with Gasteiger partial charge in [-0.3, -0.25) is 4.21 Å². The van der Waals surface area contributed by atoms with Crippen LogP contribution in [0, 0.1) is 5.82 Å². The Labute approximate surface area is 119 Å². The summed E-state index contributed by atoms with van der Waals surface area (Å²) in [5.74, 6) is 0.0141. The first kappa shape index (κ1) is 14.8. The SMILES string of the molecule is COc1cc2c(cc1F)nc(N)n2CCC(C)S(C)=O. The zero-order chi connectivity index (χ0) is 14.9. The molecule has 110 valence electrons. The van der Waals surface area contributed by atoms with Gasteiger partial charge in [0.15, 0.2) is 11.6 Å². The van der Waals surface area contributed by atoms with E-state index in [9.17, 15) is 8.60 Å². The average molecular weight is 299 g/mol. The van der Waals surface area contributed by atoms with E-state index in [0.29, 0.717) is 24.4 Å². The van der Waals surface area contributed by atoms with Gasteiger partial charge in [0.25, 0.3) is 0 Å². The molecule has 0 bridgehead atoms. The van der Waals surface area contributed by atoms with Crippen LogP contribution in [0.4, 0.5) is 10.3 Å². The monoisotopic (exact) mass is 299 g/mol. The largest absolute Gasteiger partial charge is 0.494 e. The predicted octanol–water partition coefficient (Wildman–Crippen LogP) is 1.92. The van der Waals surface area contributed by atoms with Gasteiger partial charge in [-0.05, 0) is 6.42 Å². The number of halogens is 1. The molecular weight excluding hydrogens is 281 g/mol. The van der Waals surface area contributed by atoms with Gasteiger partial charge in [0.05, 0.1) is 18.1 Å².